The van der Waals surface area contributed by atoms with E-state index in [9.17, 15) is 9.59 Å². The molecule has 0 spiro atoms. The molecule has 4 nitrogen and oxygen atoms in total. The van der Waals surface area contributed by atoms with E-state index in [-0.39, 0.29) is 18.4 Å². The highest BCUT2D eigenvalue weighted by Gasteiger charge is 2.07. The number of hydrogen-bond acceptors (Lipinski definition) is 2. The van der Waals surface area contributed by atoms with Crippen LogP contribution in [-0.2, 0) is 9.59 Å². The highest BCUT2D eigenvalue weighted by atomic mass is 79.9. The minimum absolute atomic E-state index is 0.0612. The van der Waals surface area contributed by atoms with Crippen LogP contribution in [0, 0.1) is 0 Å². The van der Waals surface area contributed by atoms with E-state index in [0.717, 1.165) is 0 Å². The van der Waals surface area contributed by atoms with Gasteiger partial charge in [0.05, 0.1) is 21.7 Å². The summed E-state index contributed by atoms with van der Waals surface area (Å²) in [7, 11) is 0. The fourth-order valence-electron chi connectivity index (χ4n) is 0.999. The molecule has 2 N–H and O–H groups in total. The van der Waals surface area contributed by atoms with Crippen LogP contribution >= 0.6 is 27.5 Å². The van der Waals surface area contributed by atoms with Gasteiger partial charge >= 0.3 is 0 Å². The van der Waals surface area contributed by atoms with Crippen LogP contribution in [-0.4, -0.2) is 18.4 Å². The predicted molar refractivity (Wildman–Crippen MR) is 66.5 cm³/mol. The molecule has 0 atom stereocenters. The largest absolute Gasteiger partial charge is 0.347 e. The van der Waals surface area contributed by atoms with Gasteiger partial charge in [-0.15, -0.1) is 0 Å². The van der Waals surface area contributed by atoms with Gasteiger partial charge < -0.3 is 10.6 Å². The van der Waals surface area contributed by atoms with Gasteiger partial charge in [-0.1, -0.05) is 17.7 Å². The van der Waals surface area contributed by atoms with Gasteiger partial charge in [0.2, 0.25) is 11.8 Å². The van der Waals surface area contributed by atoms with Crippen LogP contribution in [0.1, 0.15) is 6.92 Å². The van der Waals surface area contributed by atoms with Crippen LogP contribution in [0.5, 0.6) is 0 Å². The van der Waals surface area contributed by atoms with E-state index >= 15 is 0 Å². The van der Waals surface area contributed by atoms with E-state index in [0.29, 0.717) is 15.2 Å². The Kier molecular flexibility index (Phi) is 4.76. The number of carbonyl (C=O) groups excluding carboxylic acids is 2. The monoisotopic (exact) mass is 304 g/mol. The van der Waals surface area contributed by atoms with Crippen molar-refractivity contribution >= 4 is 45.0 Å². The molecule has 86 valence electrons. The molecule has 0 heterocycles. The summed E-state index contributed by atoms with van der Waals surface area (Å²) >= 11 is 9.11. The SMILES string of the molecule is CC(=O)NCC(=O)Nc1cccc(Cl)c1Br. The molecular formula is C10H10BrClN2O2. The molecule has 0 bridgehead atoms. The third kappa shape index (κ3) is 3.83. The number of carbonyl (C=O) groups is 2. The van der Waals surface area contributed by atoms with E-state index in [2.05, 4.69) is 26.6 Å². The summed E-state index contributed by atoms with van der Waals surface area (Å²) in [5.41, 5.74) is 0.572. The molecule has 0 radical (unpaired) electrons. The molecular weight excluding hydrogens is 295 g/mol. The van der Waals surface area contributed by atoms with Gasteiger partial charge in [0.1, 0.15) is 0 Å². The molecule has 0 saturated carbocycles. The molecule has 6 heteroatoms. The summed E-state index contributed by atoms with van der Waals surface area (Å²) < 4.78 is 0.618. The molecule has 1 rings (SSSR count). The zero-order valence-corrected chi connectivity index (χ0v) is 10.9. The van der Waals surface area contributed by atoms with Crippen molar-refractivity contribution in [3.8, 4) is 0 Å². The number of benzene rings is 1. The van der Waals surface area contributed by atoms with Gasteiger partial charge in [0.15, 0.2) is 0 Å². The van der Waals surface area contributed by atoms with Crippen molar-refractivity contribution in [1.82, 2.24) is 5.32 Å². The molecule has 1 aromatic carbocycles. The van der Waals surface area contributed by atoms with E-state index in [1.54, 1.807) is 18.2 Å². The van der Waals surface area contributed by atoms with Crippen LogP contribution in [0.4, 0.5) is 5.69 Å². The zero-order chi connectivity index (χ0) is 12.1. The molecule has 0 aromatic heterocycles. The summed E-state index contributed by atoms with van der Waals surface area (Å²) in [4.78, 5) is 22.0. The average molecular weight is 306 g/mol. The third-order valence-corrected chi connectivity index (χ3v) is 3.12. The van der Waals surface area contributed by atoms with Gasteiger partial charge in [-0.05, 0) is 28.1 Å². The van der Waals surface area contributed by atoms with Crippen molar-refractivity contribution in [3.05, 3.63) is 27.7 Å². The fourth-order valence-corrected chi connectivity index (χ4v) is 1.54. The maximum absolute atomic E-state index is 11.4. The maximum Gasteiger partial charge on any atom is 0.243 e. The fraction of sp³-hybridized carbons (Fsp3) is 0.200. The van der Waals surface area contributed by atoms with Crippen LogP contribution in [0.15, 0.2) is 22.7 Å². The number of anilines is 1. The Hall–Kier alpha value is -1.07. The first kappa shape index (κ1) is 13.0. The average Bonchev–Trinajstić information content (AvgIpc) is 2.22. The Morgan fingerprint density at radius 3 is 2.75 bits per heavy atom. The number of halogens is 2. The first-order chi connectivity index (χ1) is 7.50. The summed E-state index contributed by atoms with van der Waals surface area (Å²) in [5, 5.41) is 5.53. The van der Waals surface area contributed by atoms with Crippen LogP contribution < -0.4 is 10.6 Å². The highest BCUT2D eigenvalue weighted by molar-refractivity contribution is 9.10. The van der Waals surface area contributed by atoms with E-state index in [1.165, 1.54) is 6.92 Å². The maximum atomic E-state index is 11.4. The Balaban J connectivity index is 2.63. The van der Waals surface area contributed by atoms with Gasteiger partial charge in [0, 0.05) is 6.92 Å². The molecule has 1 aromatic rings. The lowest BCUT2D eigenvalue weighted by Gasteiger charge is -2.08. The second kappa shape index (κ2) is 5.86. The summed E-state index contributed by atoms with van der Waals surface area (Å²) in [5.74, 6) is -0.557. The van der Waals surface area contributed by atoms with Gasteiger partial charge in [0.25, 0.3) is 0 Å². The van der Waals surface area contributed by atoms with Crippen LogP contribution in [0.2, 0.25) is 5.02 Å². The Bertz CT molecular complexity index is 423. The van der Waals surface area contributed by atoms with Crippen LogP contribution in [0.3, 0.4) is 0 Å². The number of amides is 2. The minimum atomic E-state index is -0.307. The first-order valence-electron chi connectivity index (χ1n) is 4.49. The van der Waals surface area contributed by atoms with Gasteiger partial charge in [-0.3, -0.25) is 9.59 Å². The second-order valence-electron chi connectivity index (χ2n) is 3.06. The number of nitrogens with one attached hydrogen (secondary N) is 2. The number of hydrogen-bond donors (Lipinski definition) is 2. The summed E-state index contributed by atoms with van der Waals surface area (Å²) in [6.45, 7) is 1.29. The molecule has 0 unspecified atom stereocenters. The number of rotatable bonds is 3. The van der Waals surface area contributed by atoms with E-state index in [4.69, 9.17) is 11.6 Å². The van der Waals surface area contributed by atoms with Crippen molar-refractivity contribution in [2.24, 2.45) is 0 Å². The second-order valence-corrected chi connectivity index (χ2v) is 4.26. The lowest BCUT2D eigenvalue weighted by Crippen LogP contribution is -2.31. The van der Waals surface area contributed by atoms with Crippen molar-refractivity contribution in [3.63, 3.8) is 0 Å². The van der Waals surface area contributed by atoms with Crippen molar-refractivity contribution in [2.45, 2.75) is 6.92 Å². The Morgan fingerprint density at radius 1 is 1.44 bits per heavy atom. The first-order valence-corrected chi connectivity index (χ1v) is 5.66. The Labute approximate surface area is 106 Å². The van der Waals surface area contributed by atoms with Gasteiger partial charge in [-0.2, -0.15) is 0 Å². The van der Waals surface area contributed by atoms with Crippen molar-refractivity contribution < 1.29 is 9.59 Å². The lowest BCUT2D eigenvalue weighted by atomic mass is 10.3. The third-order valence-electron chi connectivity index (χ3n) is 1.72. The molecule has 0 aliphatic rings. The molecule has 0 aliphatic carbocycles. The van der Waals surface area contributed by atoms with Crippen molar-refractivity contribution in [2.75, 3.05) is 11.9 Å². The molecule has 2 amide bonds. The standard InChI is InChI=1S/C10H10BrClN2O2/c1-6(15)13-5-9(16)14-8-4-2-3-7(12)10(8)11/h2-4H,5H2,1H3,(H,13,15)(H,14,16). The van der Waals surface area contributed by atoms with Crippen molar-refractivity contribution in [1.29, 1.82) is 0 Å². The zero-order valence-electron chi connectivity index (χ0n) is 8.51. The summed E-state index contributed by atoms with van der Waals surface area (Å²) in [6.07, 6.45) is 0. The van der Waals surface area contributed by atoms with Crippen LogP contribution in [0.25, 0.3) is 0 Å². The Morgan fingerprint density at radius 2 is 2.12 bits per heavy atom. The van der Waals surface area contributed by atoms with E-state index < -0.39 is 0 Å². The molecule has 16 heavy (non-hydrogen) atoms. The smallest absolute Gasteiger partial charge is 0.243 e. The lowest BCUT2D eigenvalue weighted by molar-refractivity contribution is -0.122. The molecule has 0 aliphatic heterocycles. The topological polar surface area (TPSA) is 58.2 Å². The minimum Gasteiger partial charge on any atom is -0.347 e. The van der Waals surface area contributed by atoms with E-state index in [1.807, 2.05) is 0 Å². The van der Waals surface area contributed by atoms with Gasteiger partial charge in [-0.25, -0.2) is 0 Å². The summed E-state index contributed by atoms with van der Waals surface area (Å²) in [6, 6.07) is 5.14. The normalized spacial score (nSPS) is 9.69. The molecule has 0 saturated heterocycles. The highest BCUT2D eigenvalue weighted by Crippen LogP contribution is 2.29. The quantitative estimate of drug-likeness (QED) is 0.899. The predicted octanol–water partition coefficient (Wildman–Crippen LogP) is 2.18. The molecule has 0 fully saturated rings.